The van der Waals surface area contributed by atoms with Crippen molar-refractivity contribution < 1.29 is 13.5 Å². The first-order valence-corrected chi connectivity index (χ1v) is 9.95. The molecular weight excluding hydrogens is 330 g/mol. The second-order valence-electron chi connectivity index (χ2n) is 5.15. The number of sulfonamides is 1. The summed E-state index contributed by atoms with van der Waals surface area (Å²) in [5.41, 5.74) is 0.990. The molecule has 0 radical (unpaired) electrons. The maximum atomic E-state index is 11.5. The Morgan fingerprint density at radius 1 is 1.62 bits per heavy atom. The zero-order valence-corrected chi connectivity index (χ0v) is 14.5. The van der Waals surface area contributed by atoms with Crippen molar-refractivity contribution in [2.24, 2.45) is 5.14 Å². The van der Waals surface area contributed by atoms with E-state index in [1.165, 1.54) is 23.3 Å². The number of thiophene rings is 1. The summed E-state index contributed by atoms with van der Waals surface area (Å²) in [6.07, 6.45) is 0.574. The fourth-order valence-corrected chi connectivity index (χ4v) is 5.82. The molecule has 0 amide bonds. The van der Waals surface area contributed by atoms with Crippen molar-refractivity contribution in [1.29, 1.82) is 0 Å². The molecule has 9 heteroatoms. The zero-order chi connectivity index (χ0) is 15.6. The number of rotatable bonds is 6. The summed E-state index contributed by atoms with van der Waals surface area (Å²) in [7, 11) is -3.67. The van der Waals surface area contributed by atoms with Gasteiger partial charge in [0.1, 0.15) is 4.21 Å². The summed E-state index contributed by atoms with van der Waals surface area (Å²) in [6.45, 7) is 5.95. The Morgan fingerprint density at radius 3 is 2.90 bits per heavy atom. The number of nitrogens with zero attached hydrogens (tertiary/aromatic N) is 1. The Kier molecular flexibility index (Phi) is 5.69. The van der Waals surface area contributed by atoms with Crippen LogP contribution in [0.15, 0.2) is 14.5 Å². The highest BCUT2D eigenvalue weighted by molar-refractivity contribution is 7.99. The van der Waals surface area contributed by atoms with E-state index in [2.05, 4.69) is 16.5 Å². The number of β-amino-alcohol motifs (C(OH)–C–C–N with tert-alkyl or cyclic N) is 1. The van der Waals surface area contributed by atoms with Crippen molar-refractivity contribution in [3.8, 4) is 0 Å². The molecule has 1 aromatic heterocycles. The second kappa shape index (κ2) is 6.95. The van der Waals surface area contributed by atoms with Crippen LogP contribution in [0.5, 0.6) is 0 Å². The van der Waals surface area contributed by atoms with Gasteiger partial charge in [-0.15, -0.1) is 11.3 Å². The number of fused-ring (bicyclic) bond motifs is 1. The second-order valence-corrected chi connectivity index (χ2v) is 9.35. The molecule has 1 aromatic rings. The Balaban J connectivity index is 2.28. The van der Waals surface area contributed by atoms with Gasteiger partial charge in [-0.05, 0) is 43.5 Å². The lowest BCUT2D eigenvalue weighted by Gasteiger charge is -2.32. The van der Waals surface area contributed by atoms with Crippen molar-refractivity contribution in [1.82, 2.24) is 9.62 Å². The van der Waals surface area contributed by atoms with Crippen molar-refractivity contribution in [3.63, 3.8) is 0 Å². The van der Waals surface area contributed by atoms with Crippen LogP contribution in [0.25, 0.3) is 0 Å². The average Bonchev–Trinajstić information content (AvgIpc) is 2.78. The molecule has 2 rings (SSSR count). The Labute approximate surface area is 133 Å². The highest BCUT2D eigenvalue weighted by atomic mass is 32.3. The van der Waals surface area contributed by atoms with Gasteiger partial charge in [0.25, 0.3) is 0 Å². The van der Waals surface area contributed by atoms with E-state index in [9.17, 15) is 13.5 Å². The number of primary sulfonamides is 1. The monoisotopic (exact) mass is 351 g/mol. The smallest absolute Gasteiger partial charge is 0.247 e. The van der Waals surface area contributed by atoms with Gasteiger partial charge in [-0.25, -0.2) is 17.9 Å². The molecule has 0 fully saturated rings. The van der Waals surface area contributed by atoms with Crippen molar-refractivity contribution in [2.75, 3.05) is 19.6 Å². The van der Waals surface area contributed by atoms with Crippen LogP contribution in [0.3, 0.4) is 0 Å². The summed E-state index contributed by atoms with van der Waals surface area (Å²) in [4.78, 5) is 0. The predicted octanol–water partition coefficient (Wildman–Crippen LogP) is 1.14. The number of nitrogens with one attached hydrogen (secondary N) is 1. The van der Waals surface area contributed by atoms with Crippen LogP contribution in [-0.2, 0) is 10.0 Å². The first-order valence-electron chi connectivity index (χ1n) is 6.82. The molecule has 0 spiro atoms. The average molecular weight is 352 g/mol. The Hall–Kier alpha value is -0.160. The van der Waals surface area contributed by atoms with Gasteiger partial charge in [0.2, 0.25) is 10.0 Å². The van der Waals surface area contributed by atoms with E-state index < -0.39 is 16.1 Å². The lowest BCUT2D eigenvalue weighted by molar-refractivity contribution is 0.162. The van der Waals surface area contributed by atoms with Crippen LogP contribution < -0.4 is 10.5 Å². The SMILES string of the molecule is CCCNC1CN(CC(C)O)Sc2sc(S(N)(=O)=O)cc21. The fourth-order valence-electron chi connectivity index (χ4n) is 2.18. The van der Waals surface area contributed by atoms with Gasteiger partial charge in [0.05, 0.1) is 10.3 Å². The third-order valence-electron chi connectivity index (χ3n) is 3.06. The Morgan fingerprint density at radius 2 is 2.33 bits per heavy atom. The first-order chi connectivity index (χ1) is 9.81. The third kappa shape index (κ3) is 4.41. The lowest BCUT2D eigenvalue weighted by atomic mass is 10.1. The number of aliphatic hydroxyl groups is 1. The van der Waals surface area contributed by atoms with Crippen molar-refractivity contribution in [2.45, 2.75) is 40.8 Å². The summed E-state index contributed by atoms with van der Waals surface area (Å²) >= 11 is 2.69. The van der Waals surface area contributed by atoms with Gasteiger partial charge < -0.3 is 10.4 Å². The summed E-state index contributed by atoms with van der Waals surface area (Å²) in [5, 5.41) is 18.2. The molecule has 1 aliphatic rings. The molecule has 21 heavy (non-hydrogen) atoms. The summed E-state index contributed by atoms with van der Waals surface area (Å²) in [6, 6.07) is 1.74. The van der Waals surface area contributed by atoms with E-state index in [1.54, 1.807) is 13.0 Å². The van der Waals surface area contributed by atoms with Gasteiger partial charge in [-0.1, -0.05) is 6.92 Å². The van der Waals surface area contributed by atoms with E-state index in [-0.39, 0.29) is 10.3 Å². The van der Waals surface area contributed by atoms with Crippen LogP contribution in [0.4, 0.5) is 0 Å². The van der Waals surface area contributed by atoms with Gasteiger partial charge in [-0.3, -0.25) is 0 Å². The molecule has 2 atom stereocenters. The number of hydrogen-bond acceptors (Lipinski definition) is 7. The van der Waals surface area contributed by atoms with Gasteiger partial charge in [0.15, 0.2) is 0 Å². The van der Waals surface area contributed by atoms with Crippen LogP contribution in [-0.4, -0.2) is 43.6 Å². The van der Waals surface area contributed by atoms with Crippen molar-refractivity contribution in [3.05, 3.63) is 11.6 Å². The third-order valence-corrected chi connectivity index (χ3v) is 6.86. The molecule has 0 saturated heterocycles. The highest BCUT2D eigenvalue weighted by Gasteiger charge is 2.30. The highest BCUT2D eigenvalue weighted by Crippen LogP contribution is 2.43. The minimum absolute atomic E-state index is 0.0618. The lowest BCUT2D eigenvalue weighted by Crippen LogP contribution is -2.37. The molecule has 0 aromatic carbocycles. The number of aliphatic hydroxyl groups excluding tert-OH is 1. The number of hydrogen-bond donors (Lipinski definition) is 3. The van der Waals surface area contributed by atoms with E-state index in [4.69, 9.17) is 5.14 Å². The largest absolute Gasteiger partial charge is 0.392 e. The molecule has 2 unspecified atom stereocenters. The van der Waals surface area contributed by atoms with Crippen LogP contribution >= 0.6 is 23.3 Å². The van der Waals surface area contributed by atoms with E-state index in [0.29, 0.717) is 6.54 Å². The maximum absolute atomic E-state index is 11.5. The molecular formula is C12H21N3O3S3. The van der Waals surface area contributed by atoms with Crippen LogP contribution in [0.2, 0.25) is 0 Å². The van der Waals surface area contributed by atoms with Crippen LogP contribution in [0, 0.1) is 0 Å². The van der Waals surface area contributed by atoms with E-state index in [1.807, 2.05) is 0 Å². The molecule has 0 bridgehead atoms. The molecule has 120 valence electrons. The normalized spacial score (nSPS) is 21.2. The number of nitrogens with two attached hydrogens (primary N) is 1. The topological polar surface area (TPSA) is 95.7 Å². The molecule has 0 saturated carbocycles. The summed E-state index contributed by atoms with van der Waals surface area (Å²) in [5.74, 6) is 0. The van der Waals surface area contributed by atoms with E-state index >= 15 is 0 Å². The molecule has 2 heterocycles. The molecule has 0 aliphatic carbocycles. The molecule has 6 nitrogen and oxygen atoms in total. The standard InChI is InChI=1S/C12H21N3O3S3/c1-3-4-14-10-7-15(6-8(2)16)20-12-9(10)5-11(19-12)21(13,17)18/h5,8,10,14,16H,3-4,6-7H2,1-2H3,(H2,13,17,18). The van der Waals surface area contributed by atoms with Gasteiger partial charge in [-0.2, -0.15) is 0 Å². The fraction of sp³-hybridized carbons (Fsp3) is 0.667. The van der Waals surface area contributed by atoms with E-state index in [0.717, 1.165) is 29.3 Å². The minimum Gasteiger partial charge on any atom is -0.392 e. The molecule has 1 aliphatic heterocycles. The first kappa shape index (κ1) is 17.2. The van der Waals surface area contributed by atoms with Crippen molar-refractivity contribution >= 4 is 33.3 Å². The quantitative estimate of drug-likeness (QED) is 0.665. The Bertz CT molecular complexity index is 586. The molecule has 4 N–H and O–H groups in total. The maximum Gasteiger partial charge on any atom is 0.247 e. The van der Waals surface area contributed by atoms with Gasteiger partial charge >= 0.3 is 0 Å². The predicted molar refractivity (Wildman–Crippen MR) is 85.8 cm³/mol. The zero-order valence-electron chi connectivity index (χ0n) is 12.1. The van der Waals surface area contributed by atoms with Crippen LogP contribution in [0.1, 0.15) is 31.9 Å². The summed E-state index contributed by atoms with van der Waals surface area (Å²) < 4.78 is 26.3. The van der Waals surface area contributed by atoms with Gasteiger partial charge in [0, 0.05) is 19.1 Å². The minimum atomic E-state index is -3.67.